The molecule has 6 nitrogen and oxygen atoms in total. The van der Waals surface area contributed by atoms with Crippen molar-refractivity contribution in [2.75, 3.05) is 6.61 Å². The second kappa shape index (κ2) is 6.83. The van der Waals surface area contributed by atoms with Crippen LogP contribution < -0.4 is 10.6 Å². The predicted octanol–water partition coefficient (Wildman–Crippen LogP) is 0.585. The molecule has 1 aromatic carbocycles. The minimum Gasteiger partial charge on any atom is -0.480 e. The lowest BCUT2D eigenvalue weighted by molar-refractivity contribution is -0.140. The Morgan fingerprint density at radius 3 is 2.56 bits per heavy atom. The zero-order valence-corrected chi connectivity index (χ0v) is 10.1. The van der Waals surface area contributed by atoms with E-state index in [-0.39, 0.29) is 6.54 Å². The van der Waals surface area contributed by atoms with Crippen LogP contribution in [0.15, 0.2) is 24.3 Å². The highest BCUT2D eigenvalue weighted by atomic mass is 35.5. The number of carbonyl (C=O) groups is 2. The van der Waals surface area contributed by atoms with Crippen molar-refractivity contribution in [3.63, 3.8) is 0 Å². The van der Waals surface area contributed by atoms with Crippen LogP contribution in [0.4, 0.5) is 4.79 Å². The van der Waals surface area contributed by atoms with Gasteiger partial charge in [0, 0.05) is 11.6 Å². The van der Waals surface area contributed by atoms with E-state index >= 15 is 0 Å². The molecule has 0 saturated heterocycles. The minimum atomic E-state index is -1.32. The number of aliphatic hydroxyl groups excluding tert-OH is 1. The molecule has 1 aromatic rings. The first-order chi connectivity index (χ1) is 8.54. The van der Waals surface area contributed by atoms with E-state index < -0.39 is 24.6 Å². The summed E-state index contributed by atoms with van der Waals surface area (Å²) >= 11 is 5.89. The van der Waals surface area contributed by atoms with E-state index in [1.54, 1.807) is 24.3 Å². The Morgan fingerprint density at radius 1 is 1.33 bits per heavy atom. The SMILES string of the molecule is O=C(NCc1ccccc1Cl)N[C@H](CO)C(=O)O. The Bertz CT molecular complexity index is 439. The van der Waals surface area contributed by atoms with E-state index in [2.05, 4.69) is 10.6 Å². The number of aliphatic hydroxyl groups is 1. The van der Waals surface area contributed by atoms with Gasteiger partial charge in [-0.3, -0.25) is 0 Å². The van der Waals surface area contributed by atoms with Gasteiger partial charge in [-0.05, 0) is 11.6 Å². The lowest BCUT2D eigenvalue weighted by Crippen LogP contribution is -2.47. The molecule has 4 N–H and O–H groups in total. The molecular formula is C11H13ClN2O4. The molecule has 0 unspecified atom stereocenters. The topological polar surface area (TPSA) is 98.7 Å². The van der Waals surface area contributed by atoms with Gasteiger partial charge in [0.25, 0.3) is 0 Å². The van der Waals surface area contributed by atoms with Crippen LogP contribution in [0.2, 0.25) is 5.02 Å². The van der Waals surface area contributed by atoms with Gasteiger partial charge in [-0.2, -0.15) is 0 Å². The molecule has 0 aromatic heterocycles. The maximum atomic E-state index is 11.4. The first-order valence-electron chi connectivity index (χ1n) is 5.16. The van der Waals surface area contributed by atoms with E-state index in [4.69, 9.17) is 21.8 Å². The number of carboxylic acids is 1. The molecule has 1 atom stereocenters. The van der Waals surface area contributed by atoms with Crippen LogP contribution in [-0.4, -0.2) is 34.9 Å². The minimum absolute atomic E-state index is 0.170. The molecule has 0 aliphatic rings. The van der Waals surface area contributed by atoms with Crippen LogP contribution in [0.3, 0.4) is 0 Å². The largest absolute Gasteiger partial charge is 0.480 e. The van der Waals surface area contributed by atoms with Gasteiger partial charge in [-0.15, -0.1) is 0 Å². The second-order valence-corrected chi connectivity index (χ2v) is 3.90. The van der Waals surface area contributed by atoms with Crippen molar-refractivity contribution in [3.05, 3.63) is 34.9 Å². The normalized spacial score (nSPS) is 11.7. The molecule has 0 spiro atoms. The number of urea groups is 1. The zero-order valence-electron chi connectivity index (χ0n) is 9.39. The molecule has 1 rings (SSSR count). The van der Waals surface area contributed by atoms with Crippen LogP contribution in [0.1, 0.15) is 5.56 Å². The summed E-state index contributed by atoms with van der Waals surface area (Å²) in [6.45, 7) is -0.502. The Morgan fingerprint density at radius 2 is 2.00 bits per heavy atom. The highest BCUT2D eigenvalue weighted by Crippen LogP contribution is 2.14. The van der Waals surface area contributed by atoms with Crippen LogP contribution in [0.5, 0.6) is 0 Å². The standard InChI is InChI=1S/C11H13ClN2O4/c12-8-4-2-1-3-7(8)5-13-11(18)14-9(6-15)10(16)17/h1-4,9,15H,5-6H2,(H,16,17)(H2,13,14,18)/t9-/m1/s1. The molecule has 0 fully saturated rings. The number of hydrogen-bond donors (Lipinski definition) is 4. The Labute approximate surface area is 109 Å². The average Bonchev–Trinajstić information content (AvgIpc) is 2.34. The number of rotatable bonds is 5. The number of halogens is 1. The van der Waals surface area contributed by atoms with Crippen LogP contribution in [-0.2, 0) is 11.3 Å². The molecule has 0 aliphatic carbocycles. The van der Waals surface area contributed by atoms with Crippen molar-refractivity contribution < 1.29 is 19.8 Å². The van der Waals surface area contributed by atoms with Crippen molar-refractivity contribution in [2.45, 2.75) is 12.6 Å². The highest BCUT2D eigenvalue weighted by molar-refractivity contribution is 6.31. The lowest BCUT2D eigenvalue weighted by Gasteiger charge is -2.13. The Hall–Kier alpha value is -1.79. The van der Waals surface area contributed by atoms with Crippen LogP contribution >= 0.6 is 11.6 Å². The summed E-state index contributed by atoms with van der Waals surface area (Å²) in [7, 11) is 0. The fourth-order valence-corrected chi connectivity index (χ4v) is 1.41. The van der Waals surface area contributed by atoms with Gasteiger partial charge in [0.1, 0.15) is 0 Å². The molecule has 0 radical (unpaired) electrons. The predicted molar refractivity (Wildman–Crippen MR) is 65.3 cm³/mol. The van der Waals surface area contributed by atoms with Crippen molar-refractivity contribution in [1.82, 2.24) is 10.6 Å². The molecule has 18 heavy (non-hydrogen) atoms. The third-order valence-electron chi connectivity index (χ3n) is 2.18. The number of benzene rings is 1. The van der Waals surface area contributed by atoms with Crippen molar-refractivity contribution in [2.24, 2.45) is 0 Å². The van der Waals surface area contributed by atoms with Gasteiger partial charge in [0.15, 0.2) is 6.04 Å². The summed E-state index contributed by atoms with van der Waals surface area (Å²) < 4.78 is 0. The van der Waals surface area contributed by atoms with E-state index in [0.29, 0.717) is 10.6 Å². The third-order valence-corrected chi connectivity index (χ3v) is 2.55. The molecule has 0 aliphatic heterocycles. The van der Waals surface area contributed by atoms with Crippen molar-refractivity contribution in [3.8, 4) is 0 Å². The fourth-order valence-electron chi connectivity index (χ4n) is 1.21. The molecule has 0 saturated carbocycles. The second-order valence-electron chi connectivity index (χ2n) is 3.49. The fraction of sp³-hybridized carbons (Fsp3) is 0.273. The third kappa shape index (κ3) is 4.23. The van der Waals surface area contributed by atoms with Gasteiger partial charge in [-0.1, -0.05) is 29.8 Å². The first kappa shape index (κ1) is 14.3. The monoisotopic (exact) mass is 272 g/mol. The number of carboxylic acid groups (broad SMARTS) is 1. The summed E-state index contributed by atoms with van der Waals surface area (Å²) in [6.07, 6.45) is 0. The van der Waals surface area contributed by atoms with Crippen LogP contribution in [0, 0.1) is 0 Å². The van der Waals surface area contributed by atoms with Crippen molar-refractivity contribution in [1.29, 1.82) is 0 Å². The van der Waals surface area contributed by atoms with Gasteiger partial charge < -0.3 is 20.8 Å². The van der Waals surface area contributed by atoms with E-state index in [1.165, 1.54) is 0 Å². The molecule has 0 bridgehead atoms. The molecular weight excluding hydrogens is 260 g/mol. The van der Waals surface area contributed by atoms with Gasteiger partial charge in [-0.25, -0.2) is 9.59 Å². The zero-order chi connectivity index (χ0) is 13.5. The summed E-state index contributed by atoms with van der Waals surface area (Å²) in [5.74, 6) is -1.30. The Balaban J connectivity index is 2.47. The maximum absolute atomic E-state index is 11.4. The highest BCUT2D eigenvalue weighted by Gasteiger charge is 2.18. The molecule has 0 heterocycles. The molecule has 2 amide bonds. The van der Waals surface area contributed by atoms with E-state index in [0.717, 1.165) is 0 Å². The molecule has 98 valence electrons. The first-order valence-corrected chi connectivity index (χ1v) is 5.54. The number of carbonyl (C=O) groups excluding carboxylic acids is 1. The number of amides is 2. The summed E-state index contributed by atoms with van der Waals surface area (Å²) in [5.41, 5.74) is 0.713. The average molecular weight is 273 g/mol. The summed E-state index contributed by atoms with van der Waals surface area (Å²) in [5, 5.41) is 22.4. The smallest absolute Gasteiger partial charge is 0.328 e. The Kier molecular flexibility index (Phi) is 5.41. The maximum Gasteiger partial charge on any atom is 0.328 e. The summed E-state index contributed by atoms with van der Waals surface area (Å²) in [4.78, 5) is 21.9. The number of hydrogen-bond acceptors (Lipinski definition) is 3. The van der Waals surface area contributed by atoms with Gasteiger partial charge >= 0.3 is 12.0 Å². The quantitative estimate of drug-likeness (QED) is 0.630. The number of aliphatic carboxylic acids is 1. The summed E-state index contributed by atoms with van der Waals surface area (Å²) in [6, 6.07) is 4.95. The van der Waals surface area contributed by atoms with Crippen molar-refractivity contribution >= 4 is 23.6 Å². The van der Waals surface area contributed by atoms with Gasteiger partial charge in [0.05, 0.1) is 6.61 Å². The van der Waals surface area contributed by atoms with E-state index in [9.17, 15) is 9.59 Å². The molecule has 7 heteroatoms. The number of nitrogens with one attached hydrogen (secondary N) is 2. The van der Waals surface area contributed by atoms with Crippen LogP contribution in [0.25, 0.3) is 0 Å². The lowest BCUT2D eigenvalue weighted by atomic mass is 10.2. The van der Waals surface area contributed by atoms with E-state index in [1.807, 2.05) is 0 Å². The van der Waals surface area contributed by atoms with Gasteiger partial charge in [0.2, 0.25) is 0 Å².